The Balaban J connectivity index is 1.44. The molecule has 1 saturated heterocycles. The molecule has 1 aromatic carbocycles. The summed E-state index contributed by atoms with van der Waals surface area (Å²) >= 11 is 1.12. The molecule has 14 heteroatoms. The predicted molar refractivity (Wildman–Crippen MR) is 162 cm³/mol. The van der Waals surface area contributed by atoms with Crippen LogP contribution in [0, 0.1) is 12.8 Å². The number of nitrogens with zero attached hydrogens (tertiary/aromatic N) is 5. The number of aryl methyl sites for hydroxylation is 1. The molecule has 13 nitrogen and oxygen atoms in total. The highest BCUT2D eigenvalue weighted by Gasteiger charge is 2.35. The molecule has 1 fully saturated rings. The maximum absolute atomic E-state index is 13.3. The Morgan fingerprint density at radius 3 is 2.56 bits per heavy atom. The van der Waals surface area contributed by atoms with Gasteiger partial charge in [-0.1, -0.05) is 37.3 Å². The molecule has 2 aromatic heterocycles. The van der Waals surface area contributed by atoms with Crippen LogP contribution in [0.15, 0.2) is 24.3 Å². The van der Waals surface area contributed by atoms with Crippen LogP contribution >= 0.6 is 11.3 Å². The van der Waals surface area contributed by atoms with Gasteiger partial charge >= 0.3 is 5.97 Å². The molecule has 2 aliphatic heterocycles. The number of piperazine rings is 1. The Morgan fingerprint density at radius 2 is 1.86 bits per heavy atom. The van der Waals surface area contributed by atoms with Crippen molar-refractivity contribution >= 4 is 57.7 Å². The standard InChI is InChI=1S/C29H34N8O5S/c1-5-42-27(41)23-17(4)32-29(43-23)35-28-33-24(36-11-10-30-21(38)15-36)20-12-22(39)37(25(20)34-28)14-18-6-8-19(9-7-18)26(40)31-13-16(2)3/h6-9,16H,5,10-15H2,1-4H3,(H,30,38)(H,31,40)(H,32,33,34,35). The van der Waals surface area contributed by atoms with Crippen molar-refractivity contribution < 1.29 is 23.9 Å². The number of hydrogen-bond donors (Lipinski definition) is 3. The lowest BCUT2D eigenvalue weighted by atomic mass is 10.1. The smallest absolute Gasteiger partial charge is 0.350 e. The second-order valence-electron chi connectivity index (χ2n) is 10.7. The summed E-state index contributed by atoms with van der Waals surface area (Å²) in [5.74, 6) is 0.551. The number of anilines is 4. The number of carbonyl (C=O) groups excluding carboxylic acids is 4. The molecule has 226 valence electrons. The molecule has 0 bridgehead atoms. The van der Waals surface area contributed by atoms with E-state index in [1.165, 1.54) is 0 Å². The molecule has 5 rings (SSSR count). The second kappa shape index (κ2) is 12.7. The first-order valence-corrected chi connectivity index (χ1v) is 15.0. The Bertz CT molecular complexity index is 1550. The van der Waals surface area contributed by atoms with Crippen molar-refractivity contribution in [1.29, 1.82) is 0 Å². The summed E-state index contributed by atoms with van der Waals surface area (Å²) in [6.45, 7) is 9.65. The normalized spacial score (nSPS) is 14.5. The summed E-state index contributed by atoms with van der Waals surface area (Å²) in [6.07, 6.45) is 0.0854. The van der Waals surface area contributed by atoms with E-state index in [1.807, 2.05) is 30.9 Å². The Hall–Kier alpha value is -4.59. The van der Waals surface area contributed by atoms with Crippen LogP contribution in [0.3, 0.4) is 0 Å². The van der Waals surface area contributed by atoms with Gasteiger partial charge in [0.05, 0.1) is 31.8 Å². The summed E-state index contributed by atoms with van der Waals surface area (Å²) in [5, 5.41) is 9.20. The Kier molecular flexibility index (Phi) is 8.85. The number of aromatic nitrogens is 3. The number of amides is 3. The van der Waals surface area contributed by atoms with E-state index >= 15 is 0 Å². The number of ether oxygens (including phenoxy) is 1. The van der Waals surface area contributed by atoms with E-state index in [4.69, 9.17) is 14.7 Å². The fourth-order valence-corrected chi connectivity index (χ4v) is 5.64. The average molecular weight is 607 g/mol. The van der Waals surface area contributed by atoms with Gasteiger partial charge < -0.3 is 20.3 Å². The fraction of sp³-hybridized carbons (Fsp3) is 0.414. The van der Waals surface area contributed by atoms with Crippen molar-refractivity contribution in [1.82, 2.24) is 25.6 Å². The third-order valence-electron chi connectivity index (χ3n) is 6.89. The van der Waals surface area contributed by atoms with E-state index in [0.29, 0.717) is 64.0 Å². The molecular weight excluding hydrogens is 572 g/mol. The van der Waals surface area contributed by atoms with Crippen molar-refractivity contribution in [3.05, 3.63) is 51.5 Å². The van der Waals surface area contributed by atoms with Crippen molar-refractivity contribution in [3.8, 4) is 0 Å². The minimum Gasteiger partial charge on any atom is -0.462 e. The largest absolute Gasteiger partial charge is 0.462 e. The topological polar surface area (TPSA) is 159 Å². The number of fused-ring (bicyclic) bond motifs is 1. The highest BCUT2D eigenvalue weighted by atomic mass is 32.1. The lowest BCUT2D eigenvalue weighted by Gasteiger charge is -2.29. The Labute approximate surface area is 253 Å². The number of esters is 1. The van der Waals surface area contributed by atoms with Crippen molar-refractivity contribution in [3.63, 3.8) is 0 Å². The van der Waals surface area contributed by atoms with Gasteiger partial charge in [-0.3, -0.25) is 24.6 Å². The first kappa shape index (κ1) is 29.9. The molecule has 3 amide bonds. The first-order valence-electron chi connectivity index (χ1n) is 14.1. The summed E-state index contributed by atoms with van der Waals surface area (Å²) in [4.78, 5) is 68.0. The molecule has 2 aliphatic rings. The van der Waals surface area contributed by atoms with Gasteiger partial charge in [-0.25, -0.2) is 9.78 Å². The average Bonchev–Trinajstić information content (AvgIpc) is 3.50. The predicted octanol–water partition coefficient (Wildman–Crippen LogP) is 2.57. The third kappa shape index (κ3) is 6.74. The third-order valence-corrected chi connectivity index (χ3v) is 7.94. The molecule has 0 radical (unpaired) electrons. The highest BCUT2D eigenvalue weighted by molar-refractivity contribution is 7.17. The van der Waals surface area contributed by atoms with E-state index < -0.39 is 5.97 Å². The van der Waals surface area contributed by atoms with Gasteiger partial charge in [0.25, 0.3) is 5.91 Å². The molecule has 3 aromatic rings. The van der Waals surface area contributed by atoms with E-state index in [2.05, 4.69) is 20.9 Å². The second-order valence-corrected chi connectivity index (χ2v) is 11.7. The monoisotopic (exact) mass is 606 g/mol. The summed E-state index contributed by atoms with van der Waals surface area (Å²) < 4.78 is 5.13. The van der Waals surface area contributed by atoms with Crippen molar-refractivity contribution in [2.75, 3.05) is 47.9 Å². The molecule has 0 atom stereocenters. The van der Waals surface area contributed by atoms with Crippen molar-refractivity contribution in [2.45, 2.75) is 40.7 Å². The zero-order valence-corrected chi connectivity index (χ0v) is 25.3. The van der Waals surface area contributed by atoms with Gasteiger partial charge in [0.2, 0.25) is 17.8 Å². The zero-order valence-electron chi connectivity index (χ0n) is 24.5. The molecule has 0 saturated carbocycles. The summed E-state index contributed by atoms with van der Waals surface area (Å²) in [6, 6.07) is 7.12. The maximum Gasteiger partial charge on any atom is 0.350 e. The molecular formula is C29H34N8O5S. The lowest BCUT2D eigenvalue weighted by molar-refractivity contribution is -0.120. The quantitative estimate of drug-likeness (QED) is 0.293. The lowest BCUT2D eigenvalue weighted by Crippen LogP contribution is -2.48. The number of hydrogen-bond acceptors (Lipinski definition) is 11. The Morgan fingerprint density at radius 1 is 1.12 bits per heavy atom. The van der Waals surface area contributed by atoms with Gasteiger partial charge in [0.1, 0.15) is 16.5 Å². The van der Waals surface area contributed by atoms with Crippen LogP contribution in [-0.4, -0.2) is 71.4 Å². The van der Waals surface area contributed by atoms with E-state index in [0.717, 1.165) is 16.9 Å². The maximum atomic E-state index is 13.3. The minimum absolute atomic E-state index is 0.0854. The molecule has 43 heavy (non-hydrogen) atoms. The van der Waals surface area contributed by atoms with Gasteiger partial charge in [-0.05, 0) is 37.5 Å². The fourth-order valence-electron chi connectivity index (χ4n) is 4.78. The van der Waals surface area contributed by atoms with Crippen LogP contribution in [-0.2, 0) is 27.3 Å². The van der Waals surface area contributed by atoms with Crippen LogP contribution in [0.5, 0.6) is 0 Å². The van der Waals surface area contributed by atoms with Gasteiger partial charge in [-0.2, -0.15) is 9.97 Å². The minimum atomic E-state index is -0.458. The van der Waals surface area contributed by atoms with Crippen LogP contribution in [0.2, 0.25) is 0 Å². The van der Waals surface area contributed by atoms with E-state index in [1.54, 1.807) is 30.9 Å². The van der Waals surface area contributed by atoms with Gasteiger partial charge in [0.15, 0.2) is 5.13 Å². The molecule has 0 unspecified atom stereocenters. The number of nitrogens with one attached hydrogen (secondary N) is 3. The van der Waals surface area contributed by atoms with Gasteiger partial charge in [-0.15, -0.1) is 0 Å². The zero-order chi connectivity index (χ0) is 30.7. The molecule has 3 N–H and O–H groups in total. The first-order chi connectivity index (χ1) is 20.6. The van der Waals surface area contributed by atoms with Crippen LogP contribution in [0.25, 0.3) is 0 Å². The van der Waals surface area contributed by atoms with Crippen LogP contribution in [0.1, 0.15) is 57.6 Å². The summed E-state index contributed by atoms with van der Waals surface area (Å²) in [5.41, 5.74) is 2.51. The highest BCUT2D eigenvalue weighted by Crippen LogP contribution is 2.37. The number of carbonyl (C=O) groups is 4. The van der Waals surface area contributed by atoms with Gasteiger partial charge in [0, 0.05) is 30.8 Å². The number of benzene rings is 1. The number of rotatable bonds is 10. The summed E-state index contributed by atoms with van der Waals surface area (Å²) in [7, 11) is 0. The number of thiazole rings is 1. The van der Waals surface area contributed by atoms with E-state index in [9.17, 15) is 19.2 Å². The van der Waals surface area contributed by atoms with E-state index in [-0.39, 0.29) is 49.8 Å². The molecule has 4 heterocycles. The SMILES string of the molecule is CCOC(=O)c1sc(Nc2nc(N3CCNC(=O)C3)c3c(n2)N(Cc2ccc(C(=O)NCC(C)C)cc2)C(=O)C3)nc1C. The van der Waals surface area contributed by atoms with Crippen LogP contribution in [0.4, 0.5) is 22.7 Å². The molecule has 0 aliphatic carbocycles. The van der Waals surface area contributed by atoms with Crippen LogP contribution < -0.4 is 25.8 Å². The molecule has 0 spiro atoms. The van der Waals surface area contributed by atoms with Crippen molar-refractivity contribution in [2.24, 2.45) is 5.92 Å².